The fourth-order valence-corrected chi connectivity index (χ4v) is 3.57. The molecular weight excluding hydrogens is 412 g/mol. The molecule has 0 spiro atoms. The van der Waals surface area contributed by atoms with Crippen LogP contribution in [0.15, 0.2) is 60.9 Å². The summed E-state index contributed by atoms with van der Waals surface area (Å²) in [6.45, 7) is 3.97. The second-order valence-corrected chi connectivity index (χ2v) is 7.27. The van der Waals surface area contributed by atoms with Crippen LogP contribution in [0.25, 0.3) is 22.3 Å². The largest absolute Gasteiger partial charge is 0.416 e. The van der Waals surface area contributed by atoms with E-state index < -0.39 is 23.5 Å². The summed E-state index contributed by atoms with van der Waals surface area (Å²) in [5.41, 5.74) is 0.356. The number of rotatable bonds is 4. The quantitative estimate of drug-likeness (QED) is 0.489. The highest BCUT2D eigenvalue weighted by atomic mass is 19.4. The number of carbonyl (C=O) groups excluding carboxylic acids is 1. The van der Waals surface area contributed by atoms with Crippen LogP contribution in [0.3, 0.4) is 0 Å². The first-order chi connectivity index (χ1) is 14.7. The Morgan fingerprint density at radius 1 is 1.10 bits per heavy atom. The van der Waals surface area contributed by atoms with Gasteiger partial charge >= 0.3 is 6.18 Å². The number of nitrogens with zero attached hydrogens (tertiary/aromatic N) is 3. The Balaban J connectivity index is 1.68. The lowest BCUT2D eigenvalue weighted by molar-refractivity contribution is -0.137. The number of fused-ring (bicyclic) bond motifs is 1. The fraction of sp³-hybridized carbons (Fsp3) is 0.227. The van der Waals surface area contributed by atoms with Crippen LogP contribution in [-0.4, -0.2) is 35.0 Å². The van der Waals surface area contributed by atoms with Crippen molar-refractivity contribution in [3.8, 4) is 11.4 Å². The van der Waals surface area contributed by atoms with Crippen LogP contribution < -0.4 is 10.2 Å². The Hall–Kier alpha value is -3.49. The summed E-state index contributed by atoms with van der Waals surface area (Å²) in [6, 6.07) is 11.7. The Morgan fingerprint density at radius 2 is 1.81 bits per heavy atom. The molecule has 2 aromatic carbocycles. The second-order valence-electron chi connectivity index (χ2n) is 7.27. The van der Waals surface area contributed by atoms with Crippen molar-refractivity contribution in [3.63, 3.8) is 0 Å². The van der Waals surface area contributed by atoms with E-state index in [1.54, 1.807) is 6.07 Å². The molecule has 1 fully saturated rings. The topological polar surface area (TPSA) is 58.1 Å². The van der Waals surface area contributed by atoms with Gasteiger partial charge in [-0.1, -0.05) is 30.8 Å². The highest BCUT2D eigenvalue weighted by Gasteiger charge is 2.30. The predicted octanol–water partition coefficient (Wildman–Crippen LogP) is 4.49. The van der Waals surface area contributed by atoms with Crippen LogP contribution in [0, 0.1) is 0 Å². The normalized spacial score (nSPS) is 16.5. The van der Waals surface area contributed by atoms with Gasteiger partial charge in [-0.3, -0.25) is 4.79 Å². The lowest BCUT2D eigenvalue weighted by atomic mass is 10.1. The van der Waals surface area contributed by atoms with Gasteiger partial charge in [0.15, 0.2) is 11.7 Å². The zero-order valence-electron chi connectivity index (χ0n) is 16.3. The molecule has 1 unspecified atom stereocenters. The van der Waals surface area contributed by atoms with Crippen LogP contribution in [-0.2, 0) is 11.0 Å². The SMILES string of the molecule is C=C(F)C(=O)NC1CCN(c2nc(-c3ccc(C(F)(F)F)cc3)nc3ccccc23)C1. The molecule has 160 valence electrons. The molecule has 1 aliphatic heterocycles. The van der Waals surface area contributed by atoms with Gasteiger partial charge in [0.2, 0.25) is 0 Å². The summed E-state index contributed by atoms with van der Waals surface area (Å²) in [7, 11) is 0. The number of alkyl halides is 3. The number of carbonyl (C=O) groups is 1. The van der Waals surface area contributed by atoms with Crippen LogP contribution in [0.1, 0.15) is 12.0 Å². The maximum absolute atomic E-state index is 13.0. The molecule has 1 saturated heterocycles. The third kappa shape index (κ3) is 4.35. The molecule has 4 rings (SSSR count). The van der Waals surface area contributed by atoms with Crippen molar-refractivity contribution in [3.05, 3.63) is 66.5 Å². The molecule has 0 aliphatic carbocycles. The minimum atomic E-state index is -4.42. The molecule has 1 aliphatic rings. The molecule has 1 amide bonds. The molecule has 0 radical (unpaired) electrons. The molecule has 1 aromatic heterocycles. The Kier molecular flexibility index (Phi) is 5.34. The second kappa shape index (κ2) is 7.98. The van der Waals surface area contributed by atoms with Crippen molar-refractivity contribution in [2.75, 3.05) is 18.0 Å². The maximum atomic E-state index is 13.0. The van der Waals surface area contributed by atoms with E-state index in [0.29, 0.717) is 42.2 Å². The van der Waals surface area contributed by atoms with Crippen molar-refractivity contribution >= 4 is 22.6 Å². The number of para-hydroxylation sites is 1. The minimum absolute atomic E-state index is 0.275. The first kappa shape index (κ1) is 20.8. The molecule has 1 atom stereocenters. The molecule has 0 bridgehead atoms. The molecule has 0 saturated carbocycles. The van der Waals surface area contributed by atoms with Gasteiger partial charge in [0.1, 0.15) is 5.82 Å². The van der Waals surface area contributed by atoms with Gasteiger partial charge in [0.05, 0.1) is 11.1 Å². The summed E-state index contributed by atoms with van der Waals surface area (Å²) < 4.78 is 51.6. The third-order valence-electron chi connectivity index (χ3n) is 5.12. The van der Waals surface area contributed by atoms with Gasteiger partial charge in [0, 0.05) is 30.1 Å². The van der Waals surface area contributed by atoms with Crippen LogP contribution in [0.2, 0.25) is 0 Å². The molecule has 5 nitrogen and oxygen atoms in total. The van der Waals surface area contributed by atoms with Gasteiger partial charge in [-0.2, -0.15) is 13.2 Å². The van der Waals surface area contributed by atoms with Crippen molar-refractivity contribution < 1.29 is 22.4 Å². The summed E-state index contributed by atoms with van der Waals surface area (Å²) in [4.78, 5) is 22.7. The van der Waals surface area contributed by atoms with E-state index >= 15 is 0 Å². The van der Waals surface area contributed by atoms with E-state index in [-0.39, 0.29) is 6.04 Å². The summed E-state index contributed by atoms with van der Waals surface area (Å²) in [5.74, 6) is -0.983. The van der Waals surface area contributed by atoms with Crippen LogP contribution in [0.4, 0.5) is 23.4 Å². The number of nitrogens with one attached hydrogen (secondary N) is 1. The lowest BCUT2D eigenvalue weighted by Gasteiger charge is -2.20. The number of benzene rings is 2. The van der Waals surface area contributed by atoms with Crippen molar-refractivity contribution in [2.24, 2.45) is 0 Å². The zero-order valence-corrected chi connectivity index (χ0v) is 16.3. The summed E-state index contributed by atoms with van der Waals surface area (Å²) >= 11 is 0. The number of aromatic nitrogens is 2. The average Bonchev–Trinajstić information content (AvgIpc) is 3.20. The standard InChI is InChI=1S/C22H18F4N4O/c1-13(23)21(31)27-16-10-11-30(12-16)20-17-4-2-3-5-18(17)28-19(29-20)14-6-8-15(9-7-14)22(24,25)26/h2-9,16H,1,10-12H2,(H,27,31). The van der Waals surface area contributed by atoms with Crippen molar-refractivity contribution in [2.45, 2.75) is 18.6 Å². The molecule has 3 aromatic rings. The first-order valence-electron chi connectivity index (χ1n) is 9.57. The highest BCUT2D eigenvalue weighted by Crippen LogP contribution is 2.32. The van der Waals surface area contributed by atoms with Crippen LogP contribution >= 0.6 is 0 Å². The van der Waals surface area contributed by atoms with Gasteiger partial charge in [-0.05, 0) is 30.7 Å². The Bertz CT molecular complexity index is 1140. The molecule has 9 heteroatoms. The molecule has 1 N–H and O–H groups in total. The van der Waals surface area contributed by atoms with Gasteiger partial charge in [-0.15, -0.1) is 0 Å². The van der Waals surface area contributed by atoms with Gasteiger partial charge in [0.25, 0.3) is 5.91 Å². The van der Waals surface area contributed by atoms with E-state index in [9.17, 15) is 22.4 Å². The first-order valence-corrected chi connectivity index (χ1v) is 9.57. The zero-order chi connectivity index (χ0) is 22.2. The Labute approximate surface area is 175 Å². The van der Waals surface area contributed by atoms with Crippen LogP contribution in [0.5, 0.6) is 0 Å². The highest BCUT2D eigenvalue weighted by molar-refractivity contribution is 5.92. The van der Waals surface area contributed by atoms with E-state index in [1.165, 1.54) is 12.1 Å². The maximum Gasteiger partial charge on any atom is 0.416 e. The van der Waals surface area contributed by atoms with E-state index in [2.05, 4.69) is 21.9 Å². The molecular formula is C22H18F4N4O. The fourth-order valence-electron chi connectivity index (χ4n) is 3.57. The number of hydrogen-bond donors (Lipinski definition) is 1. The lowest BCUT2D eigenvalue weighted by Crippen LogP contribution is -2.37. The Morgan fingerprint density at radius 3 is 2.48 bits per heavy atom. The number of anilines is 1. The van der Waals surface area contributed by atoms with Crippen molar-refractivity contribution in [1.82, 2.24) is 15.3 Å². The summed E-state index contributed by atoms with van der Waals surface area (Å²) in [5, 5.41) is 3.37. The summed E-state index contributed by atoms with van der Waals surface area (Å²) in [6.07, 6.45) is -3.83. The number of hydrogen-bond acceptors (Lipinski definition) is 4. The van der Waals surface area contributed by atoms with Gasteiger partial charge in [-0.25, -0.2) is 14.4 Å². The monoisotopic (exact) mass is 430 g/mol. The molecule has 2 heterocycles. The van der Waals surface area contributed by atoms with E-state index in [0.717, 1.165) is 17.5 Å². The van der Waals surface area contributed by atoms with Gasteiger partial charge < -0.3 is 10.2 Å². The smallest absolute Gasteiger partial charge is 0.354 e. The van der Waals surface area contributed by atoms with E-state index in [4.69, 9.17) is 0 Å². The number of halogens is 4. The number of amides is 1. The average molecular weight is 430 g/mol. The minimum Gasteiger partial charge on any atom is -0.354 e. The predicted molar refractivity (Wildman–Crippen MR) is 109 cm³/mol. The van der Waals surface area contributed by atoms with E-state index in [1.807, 2.05) is 23.1 Å². The van der Waals surface area contributed by atoms with Crippen molar-refractivity contribution in [1.29, 1.82) is 0 Å². The molecule has 31 heavy (non-hydrogen) atoms. The third-order valence-corrected chi connectivity index (χ3v) is 5.12.